The van der Waals surface area contributed by atoms with E-state index in [1.165, 1.54) is 57.8 Å². The lowest BCUT2D eigenvalue weighted by Crippen LogP contribution is -2.23. The van der Waals surface area contributed by atoms with Crippen LogP contribution in [-0.4, -0.2) is 12.1 Å². The zero-order chi connectivity index (χ0) is 13.1. The molecule has 0 radical (unpaired) electrons. The van der Waals surface area contributed by atoms with Gasteiger partial charge in [0, 0.05) is 6.42 Å². The number of esters is 1. The number of rotatable bonds is 10. The molecule has 0 spiro atoms. The Morgan fingerprint density at radius 1 is 1.00 bits per heavy atom. The fourth-order valence-electron chi connectivity index (χ4n) is 2.66. The summed E-state index contributed by atoms with van der Waals surface area (Å²) in [6, 6.07) is 0. The zero-order valence-electron chi connectivity index (χ0n) is 12.1. The second kappa shape index (κ2) is 10.4. The molecular weight excluding hydrogens is 224 g/mol. The minimum Gasteiger partial charge on any atom is -0.462 e. The van der Waals surface area contributed by atoms with Gasteiger partial charge in [0.05, 0.1) is 0 Å². The van der Waals surface area contributed by atoms with Crippen LogP contribution in [-0.2, 0) is 9.53 Å². The second-order valence-corrected chi connectivity index (χ2v) is 5.62. The summed E-state index contributed by atoms with van der Waals surface area (Å²) in [5, 5.41) is 0. The van der Waals surface area contributed by atoms with Gasteiger partial charge < -0.3 is 4.74 Å². The highest BCUT2D eigenvalue weighted by atomic mass is 16.5. The van der Waals surface area contributed by atoms with Crippen molar-refractivity contribution in [2.75, 3.05) is 0 Å². The van der Waals surface area contributed by atoms with Crippen molar-refractivity contribution in [1.29, 1.82) is 0 Å². The van der Waals surface area contributed by atoms with E-state index in [0.717, 1.165) is 19.3 Å². The molecule has 0 aromatic heterocycles. The molecule has 1 rings (SSSR count). The first-order valence-electron chi connectivity index (χ1n) is 8.02. The first kappa shape index (κ1) is 15.5. The molecule has 0 aromatic rings. The van der Waals surface area contributed by atoms with Crippen molar-refractivity contribution in [2.45, 2.75) is 96.5 Å². The third-order valence-electron chi connectivity index (χ3n) is 3.83. The van der Waals surface area contributed by atoms with Crippen LogP contribution in [0.1, 0.15) is 90.4 Å². The Morgan fingerprint density at radius 2 is 1.61 bits per heavy atom. The lowest BCUT2D eigenvalue weighted by molar-refractivity contribution is -0.154. The lowest BCUT2D eigenvalue weighted by Gasteiger charge is -2.21. The van der Waals surface area contributed by atoms with Crippen molar-refractivity contribution in [2.24, 2.45) is 0 Å². The molecule has 0 saturated carbocycles. The standard InChI is InChI=1S/C16H30O2/c1-2-3-4-5-6-7-8-9-10-12-15-13-11-14-16(17)18-15/h15H,2-14H2,1H3/t15-/m0/s1. The Bertz CT molecular complexity index is 213. The minimum atomic E-state index is 0.0159. The van der Waals surface area contributed by atoms with Crippen molar-refractivity contribution in [3.63, 3.8) is 0 Å². The van der Waals surface area contributed by atoms with Crippen LogP contribution in [0, 0.1) is 0 Å². The van der Waals surface area contributed by atoms with Crippen LogP contribution >= 0.6 is 0 Å². The molecule has 18 heavy (non-hydrogen) atoms. The fraction of sp³-hybridized carbons (Fsp3) is 0.938. The van der Waals surface area contributed by atoms with Gasteiger partial charge in [-0.1, -0.05) is 58.3 Å². The quantitative estimate of drug-likeness (QED) is 0.405. The normalized spacial score (nSPS) is 19.8. The molecule has 1 atom stereocenters. The molecular formula is C16H30O2. The largest absolute Gasteiger partial charge is 0.462 e. The predicted octanol–water partition coefficient (Wildman–Crippen LogP) is 5.00. The molecule has 106 valence electrons. The Hall–Kier alpha value is -0.530. The van der Waals surface area contributed by atoms with Gasteiger partial charge >= 0.3 is 5.97 Å². The first-order valence-corrected chi connectivity index (χ1v) is 8.02. The van der Waals surface area contributed by atoms with Gasteiger partial charge in [0.2, 0.25) is 0 Å². The van der Waals surface area contributed by atoms with Gasteiger partial charge in [-0.05, 0) is 25.7 Å². The van der Waals surface area contributed by atoms with Gasteiger partial charge in [0.15, 0.2) is 0 Å². The molecule has 1 aliphatic rings. The van der Waals surface area contributed by atoms with Crippen LogP contribution in [0.4, 0.5) is 0 Å². The number of cyclic esters (lactones) is 1. The van der Waals surface area contributed by atoms with E-state index in [1.807, 2.05) is 0 Å². The Morgan fingerprint density at radius 3 is 2.22 bits per heavy atom. The maximum atomic E-state index is 11.1. The average Bonchev–Trinajstić information content (AvgIpc) is 2.37. The molecule has 0 bridgehead atoms. The smallest absolute Gasteiger partial charge is 0.306 e. The highest BCUT2D eigenvalue weighted by Gasteiger charge is 2.19. The molecule has 0 aromatic carbocycles. The van der Waals surface area contributed by atoms with Crippen molar-refractivity contribution < 1.29 is 9.53 Å². The fourth-order valence-corrected chi connectivity index (χ4v) is 2.66. The maximum Gasteiger partial charge on any atom is 0.306 e. The van der Waals surface area contributed by atoms with E-state index < -0.39 is 0 Å². The second-order valence-electron chi connectivity index (χ2n) is 5.62. The minimum absolute atomic E-state index is 0.0159. The van der Waals surface area contributed by atoms with Crippen LogP contribution < -0.4 is 0 Å². The van der Waals surface area contributed by atoms with Gasteiger partial charge in [-0.25, -0.2) is 0 Å². The highest BCUT2D eigenvalue weighted by molar-refractivity contribution is 5.70. The van der Waals surface area contributed by atoms with Crippen LogP contribution in [0.2, 0.25) is 0 Å². The molecule has 0 amide bonds. The number of unbranched alkanes of at least 4 members (excludes halogenated alkanes) is 8. The molecule has 1 aliphatic heterocycles. The third kappa shape index (κ3) is 7.73. The monoisotopic (exact) mass is 254 g/mol. The highest BCUT2D eigenvalue weighted by Crippen LogP contribution is 2.19. The van der Waals surface area contributed by atoms with Gasteiger partial charge in [0.1, 0.15) is 6.10 Å². The van der Waals surface area contributed by atoms with Gasteiger partial charge in [0.25, 0.3) is 0 Å². The summed E-state index contributed by atoms with van der Waals surface area (Å²) in [5.41, 5.74) is 0. The number of carbonyl (C=O) groups excluding carboxylic acids is 1. The summed E-state index contributed by atoms with van der Waals surface area (Å²) in [7, 11) is 0. The molecule has 0 N–H and O–H groups in total. The summed E-state index contributed by atoms with van der Waals surface area (Å²) in [6.07, 6.45) is 16.3. The Kier molecular flexibility index (Phi) is 8.97. The Labute approximate surface area is 112 Å². The molecule has 1 saturated heterocycles. The molecule has 1 fully saturated rings. The molecule has 2 nitrogen and oxygen atoms in total. The van der Waals surface area contributed by atoms with E-state index in [4.69, 9.17) is 4.74 Å². The summed E-state index contributed by atoms with van der Waals surface area (Å²) in [4.78, 5) is 11.1. The summed E-state index contributed by atoms with van der Waals surface area (Å²) in [5.74, 6) is 0.0159. The summed E-state index contributed by atoms with van der Waals surface area (Å²) >= 11 is 0. The van der Waals surface area contributed by atoms with Crippen molar-refractivity contribution >= 4 is 5.97 Å². The van der Waals surface area contributed by atoms with Gasteiger partial charge in [-0.3, -0.25) is 4.79 Å². The molecule has 0 aliphatic carbocycles. The van der Waals surface area contributed by atoms with E-state index in [9.17, 15) is 4.79 Å². The first-order chi connectivity index (χ1) is 8.83. The molecule has 2 heteroatoms. The van der Waals surface area contributed by atoms with E-state index in [1.54, 1.807) is 0 Å². The topological polar surface area (TPSA) is 26.3 Å². The summed E-state index contributed by atoms with van der Waals surface area (Å²) in [6.45, 7) is 2.26. The van der Waals surface area contributed by atoms with E-state index in [-0.39, 0.29) is 12.1 Å². The summed E-state index contributed by atoms with van der Waals surface area (Å²) < 4.78 is 5.32. The van der Waals surface area contributed by atoms with E-state index in [0.29, 0.717) is 6.42 Å². The molecule has 0 unspecified atom stereocenters. The maximum absolute atomic E-state index is 11.1. The third-order valence-corrected chi connectivity index (χ3v) is 3.83. The molecule has 1 heterocycles. The number of hydrogen-bond acceptors (Lipinski definition) is 2. The number of carbonyl (C=O) groups is 1. The predicted molar refractivity (Wildman–Crippen MR) is 75.6 cm³/mol. The zero-order valence-corrected chi connectivity index (χ0v) is 12.1. The van der Waals surface area contributed by atoms with Crippen LogP contribution in [0.25, 0.3) is 0 Å². The van der Waals surface area contributed by atoms with Crippen LogP contribution in [0.15, 0.2) is 0 Å². The van der Waals surface area contributed by atoms with Crippen molar-refractivity contribution in [3.8, 4) is 0 Å². The Balaban J connectivity index is 1.82. The number of hydrogen-bond donors (Lipinski definition) is 0. The van der Waals surface area contributed by atoms with Crippen LogP contribution in [0.5, 0.6) is 0 Å². The average molecular weight is 254 g/mol. The van der Waals surface area contributed by atoms with E-state index in [2.05, 4.69) is 6.92 Å². The van der Waals surface area contributed by atoms with Crippen molar-refractivity contribution in [1.82, 2.24) is 0 Å². The SMILES string of the molecule is CCCCCCCCCCC[C@H]1CCCC(=O)O1. The van der Waals surface area contributed by atoms with E-state index >= 15 is 0 Å². The van der Waals surface area contributed by atoms with Crippen LogP contribution in [0.3, 0.4) is 0 Å². The van der Waals surface area contributed by atoms with Crippen molar-refractivity contribution in [3.05, 3.63) is 0 Å². The lowest BCUT2D eigenvalue weighted by atomic mass is 10.0. The van der Waals surface area contributed by atoms with Gasteiger partial charge in [-0.2, -0.15) is 0 Å². The van der Waals surface area contributed by atoms with Gasteiger partial charge in [-0.15, -0.1) is 0 Å². The number of ether oxygens (including phenoxy) is 1.